The summed E-state index contributed by atoms with van der Waals surface area (Å²) in [6, 6.07) is 6.26. The van der Waals surface area contributed by atoms with Crippen LogP contribution in [0, 0.1) is 0 Å². The summed E-state index contributed by atoms with van der Waals surface area (Å²) in [6.45, 7) is 3.69. The molecule has 1 rings (SSSR count). The minimum Gasteiger partial charge on any atom is -0.321 e. The first kappa shape index (κ1) is 14.4. The molecule has 0 aliphatic heterocycles. The third-order valence-electron chi connectivity index (χ3n) is 2.09. The molecule has 0 radical (unpaired) electrons. The zero-order valence-corrected chi connectivity index (χ0v) is 11.1. The van der Waals surface area contributed by atoms with E-state index in [4.69, 9.17) is 0 Å². The molecule has 0 fully saturated rings. The molecule has 5 nitrogen and oxygen atoms in total. The molecule has 6 heteroatoms. The number of sulfonamides is 1. The molecule has 0 unspecified atom stereocenters. The number of anilines is 1. The van der Waals surface area contributed by atoms with Crippen molar-refractivity contribution in [2.45, 2.75) is 18.7 Å². The van der Waals surface area contributed by atoms with E-state index in [9.17, 15) is 13.2 Å². The molecule has 0 saturated heterocycles. The van der Waals surface area contributed by atoms with Crippen LogP contribution >= 0.6 is 0 Å². The maximum Gasteiger partial charge on any atom is 0.248 e. The van der Waals surface area contributed by atoms with Gasteiger partial charge in [0.05, 0.1) is 5.69 Å². The van der Waals surface area contributed by atoms with E-state index >= 15 is 0 Å². The Morgan fingerprint density at radius 3 is 2.61 bits per heavy atom. The summed E-state index contributed by atoms with van der Waals surface area (Å²) in [7, 11) is -3.59. The molecule has 0 spiro atoms. The van der Waals surface area contributed by atoms with E-state index in [2.05, 4.69) is 10.0 Å². The number of hydrogen-bond donors (Lipinski definition) is 2. The number of para-hydroxylation sites is 1. The lowest BCUT2D eigenvalue weighted by Gasteiger charge is -2.10. The first-order chi connectivity index (χ1) is 8.51. The van der Waals surface area contributed by atoms with Crippen molar-refractivity contribution in [2.24, 2.45) is 0 Å². The fourth-order valence-corrected chi connectivity index (χ4v) is 2.60. The van der Waals surface area contributed by atoms with Crippen molar-refractivity contribution in [2.75, 3.05) is 11.9 Å². The number of nitrogens with one attached hydrogen (secondary N) is 2. The van der Waals surface area contributed by atoms with Crippen molar-refractivity contribution in [1.29, 1.82) is 0 Å². The van der Waals surface area contributed by atoms with E-state index in [0.717, 1.165) is 0 Å². The van der Waals surface area contributed by atoms with Crippen LogP contribution in [0.25, 0.3) is 0 Å². The smallest absolute Gasteiger partial charge is 0.248 e. The van der Waals surface area contributed by atoms with Crippen molar-refractivity contribution in [3.8, 4) is 0 Å². The minimum atomic E-state index is -3.59. The molecular weight excluding hydrogens is 252 g/mol. The van der Waals surface area contributed by atoms with E-state index in [1.54, 1.807) is 38.1 Å². The number of rotatable bonds is 5. The highest BCUT2D eigenvalue weighted by atomic mass is 32.2. The van der Waals surface area contributed by atoms with Gasteiger partial charge in [0, 0.05) is 6.54 Å². The van der Waals surface area contributed by atoms with E-state index in [1.807, 2.05) is 0 Å². The number of amides is 1. The fourth-order valence-electron chi connectivity index (χ4n) is 1.40. The van der Waals surface area contributed by atoms with Crippen LogP contribution in [0.5, 0.6) is 0 Å². The van der Waals surface area contributed by atoms with E-state index in [0.29, 0.717) is 6.54 Å². The standard InChI is InChI=1S/C12H16N2O3S/c1-3-7-12(15)14-10-8-5-6-9-11(10)18(16,17)13-4-2/h3,5-9,13H,4H2,1-2H3,(H,14,15). The molecule has 0 aromatic heterocycles. The topological polar surface area (TPSA) is 75.3 Å². The monoisotopic (exact) mass is 268 g/mol. The van der Waals surface area contributed by atoms with Gasteiger partial charge >= 0.3 is 0 Å². The predicted octanol–water partition coefficient (Wildman–Crippen LogP) is 1.50. The maximum atomic E-state index is 11.9. The Bertz CT molecular complexity index is 550. The van der Waals surface area contributed by atoms with Crippen LogP contribution in [0.2, 0.25) is 0 Å². The lowest BCUT2D eigenvalue weighted by atomic mass is 10.3. The van der Waals surface area contributed by atoms with E-state index in [-0.39, 0.29) is 16.5 Å². The molecule has 18 heavy (non-hydrogen) atoms. The highest BCUT2D eigenvalue weighted by Gasteiger charge is 2.17. The molecule has 0 heterocycles. The van der Waals surface area contributed by atoms with Gasteiger partial charge in [-0.3, -0.25) is 4.79 Å². The van der Waals surface area contributed by atoms with Gasteiger partial charge in [-0.05, 0) is 25.1 Å². The Morgan fingerprint density at radius 2 is 2.00 bits per heavy atom. The fraction of sp³-hybridized carbons (Fsp3) is 0.250. The molecule has 2 N–H and O–H groups in total. The predicted molar refractivity (Wildman–Crippen MR) is 70.7 cm³/mol. The Hall–Kier alpha value is -1.66. The number of hydrogen-bond acceptors (Lipinski definition) is 3. The summed E-state index contributed by atoms with van der Waals surface area (Å²) < 4.78 is 26.2. The first-order valence-electron chi connectivity index (χ1n) is 5.53. The van der Waals surface area contributed by atoms with Crippen LogP contribution in [-0.2, 0) is 14.8 Å². The molecule has 0 aliphatic rings. The van der Waals surface area contributed by atoms with Gasteiger partial charge in [0.15, 0.2) is 0 Å². The highest BCUT2D eigenvalue weighted by Crippen LogP contribution is 2.20. The SMILES string of the molecule is CC=CC(=O)Nc1ccccc1S(=O)(=O)NCC. The van der Waals surface area contributed by atoms with Crippen LogP contribution in [-0.4, -0.2) is 20.9 Å². The Labute approximate surface area is 107 Å². The molecule has 98 valence electrons. The summed E-state index contributed by atoms with van der Waals surface area (Å²) in [5, 5.41) is 2.53. The number of carbonyl (C=O) groups excluding carboxylic acids is 1. The summed E-state index contributed by atoms with van der Waals surface area (Å²) in [5.41, 5.74) is 0.265. The van der Waals surface area contributed by atoms with Crippen LogP contribution in [0.3, 0.4) is 0 Å². The molecule has 0 aliphatic carbocycles. The number of carbonyl (C=O) groups is 1. The molecule has 1 aromatic rings. The van der Waals surface area contributed by atoms with Crippen LogP contribution in [0.15, 0.2) is 41.3 Å². The zero-order valence-electron chi connectivity index (χ0n) is 10.3. The molecule has 1 aromatic carbocycles. The van der Waals surface area contributed by atoms with Gasteiger partial charge in [-0.2, -0.15) is 0 Å². The highest BCUT2D eigenvalue weighted by molar-refractivity contribution is 7.89. The zero-order chi connectivity index (χ0) is 13.6. The Morgan fingerprint density at radius 1 is 1.33 bits per heavy atom. The number of benzene rings is 1. The van der Waals surface area contributed by atoms with Gasteiger partial charge < -0.3 is 5.32 Å². The average Bonchev–Trinajstić information content (AvgIpc) is 2.29. The second-order valence-corrected chi connectivity index (χ2v) is 5.22. The van der Waals surface area contributed by atoms with Gasteiger partial charge in [0.25, 0.3) is 0 Å². The van der Waals surface area contributed by atoms with Crippen LogP contribution < -0.4 is 10.0 Å². The van der Waals surface area contributed by atoms with Crippen molar-refractivity contribution in [3.05, 3.63) is 36.4 Å². The number of allylic oxidation sites excluding steroid dienone is 1. The quantitative estimate of drug-likeness (QED) is 0.795. The molecular formula is C12H16N2O3S. The van der Waals surface area contributed by atoms with Gasteiger partial charge in [-0.1, -0.05) is 25.1 Å². The van der Waals surface area contributed by atoms with E-state index < -0.39 is 10.0 Å². The first-order valence-corrected chi connectivity index (χ1v) is 7.02. The van der Waals surface area contributed by atoms with Gasteiger partial charge in [0.1, 0.15) is 4.90 Å². The molecule has 0 bridgehead atoms. The van der Waals surface area contributed by atoms with Crippen molar-refractivity contribution < 1.29 is 13.2 Å². The van der Waals surface area contributed by atoms with Gasteiger partial charge in [0.2, 0.25) is 15.9 Å². The normalized spacial score (nSPS) is 11.7. The van der Waals surface area contributed by atoms with Crippen molar-refractivity contribution >= 4 is 21.6 Å². The molecule has 0 saturated carbocycles. The second-order valence-electron chi connectivity index (χ2n) is 3.49. The maximum absolute atomic E-state index is 11.9. The third-order valence-corrected chi connectivity index (χ3v) is 3.69. The molecule has 1 amide bonds. The van der Waals surface area contributed by atoms with E-state index in [1.165, 1.54) is 12.1 Å². The summed E-state index contributed by atoms with van der Waals surface area (Å²) >= 11 is 0. The lowest BCUT2D eigenvalue weighted by molar-refractivity contribution is -0.111. The largest absolute Gasteiger partial charge is 0.321 e. The summed E-state index contributed by atoms with van der Waals surface area (Å²) in [6.07, 6.45) is 2.91. The summed E-state index contributed by atoms with van der Waals surface area (Å²) in [4.78, 5) is 11.5. The van der Waals surface area contributed by atoms with Gasteiger partial charge in [-0.25, -0.2) is 13.1 Å². The Kier molecular flexibility index (Phi) is 5.06. The van der Waals surface area contributed by atoms with Crippen LogP contribution in [0.1, 0.15) is 13.8 Å². The minimum absolute atomic E-state index is 0.0599. The van der Waals surface area contributed by atoms with Gasteiger partial charge in [-0.15, -0.1) is 0 Å². The van der Waals surface area contributed by atoms with Crippen molar-refractivity contribution in [1.82, 2.24) is 4.72 Å². The second kappa shape index (κ2) is 6.32. The summed E-state index contributed by atoms with van der Waals surface area (Å²) in [5.74, 6) is -0.364. The lowest BCUT2D eigenvalue weighted by Crippen LogP contribution is -2.24. The Balaban J connectivity index is 3.11. The van der Waals surface area contributed by atoms with Crippen molar-refractivity contribution in [3.63, 3.8) is 0 Å². The third kappa shape index (κ3) is 3.68. The van der Waals surface area contributed by atoms with Crippen LogP contribution in [0.4, 0.5) is 5.69 Å². The molecule has 0 atom stereocenters. The average molecular weight is 268 g/mol.